The van der Waals surface area contributed by atoms with Gasteiger partial charge in [-0.1, -0.05) is 19.9 Å². The maximum absolute atomic E-state index is 10.7. The number of fused-ring (bicyclic) bond motifs is 1. The molecule has 1 unspecified atom stereocenters. The van der Waals surface area contributed by atoms with E-state index in [1.807, 2.05) is 24.4 Å². The van der Waals surface area contributed by atoms with Gasteiger partial charge in [-0.05, 0) is 36.5 Å². The van der Waals surface area contributed by atoms with Crippen molar-refractivity contribution in [1.29, 1.82) is 0 Å². The lowest BCUT2D eigenvalue weighted by Gasteiger charge is -2.12. The summed E-state index contributed by atoms with van der Waals surface area (Å²) in [6, 6.07) is 5.95. The molecule has 0 saturated carbocycles. The number of ether oxygens (including phenoxy) is 1. The first-order valence-electron chi connectivity index (χ1n) is 7.08. The highest BCUT2D eigenvalue weighted by Crippen LogP contribution is 2.34. The largest absolute Gasteiger partial charge is 0.493 e. The number of carbonyl (C=O) groups is 1. The minimum atomic E-state index is -0.751. The Morgan fingerprint density at radius 2 is 2.25 bits per heavy atom. The third-order valence-electron chi connectivity index (χ3n) is 3.48. The first-order chi connectivity index (χ1) is 9.63. The Bertz CT molecular complexity index is 588. The molecular weight excluding hydrogens is 254 g/mol. The molecule has 4 heteroatoms. The molecule has 0 radical (unpaired) electrons. The Morgan fingerprint density at radius 3 is 2.95 bits per heavy atom. The second kappa shape index (κ2) is 6.46. The Kier molecular flexibility index (Phi) is 4.66. The molecule has 0 spiro atoms. The van der Waals surface area contributed by atoms with E-state index >= 15 is 0 Å². The highest BCUT2D eigenvalue weighted by Gasteiger charge is 2.16. The molecule has 0 aliphatic heterocycles. The van der Waals surface area contributed by atoms with E-state index in [9.17, 15) is 4.79 Å². The van der Waals surface area contributed by atoms with E-state index in [1.54, 1.807) is 0 Å². The Labute approximate surface area is 118 Å². The molecule has 0 saturated heterocycles. The normalized spacial score (nSPS) is 12.5. The molecule has 1 heterocycles. The van der Waals surface area contributed by atoms with Crippen LogP contribution in [0.4, 0.5) is 0 Å². The van der Waals surface area contributed by atoms with Gasteiger partial charge in [-0.15, -0.1) is 0 Å². The maximum atomic E-state index is 10.7. The van der Waals surface area contributed by atoms with Crippen molar-refractivity contribution in [3.63, 3.8) is 0 Å². The van der Waals surface area contributed by atoms with Gasteiger partial charge in [0, 0.05) is 23.5 Å². The van der Waals surface area contributed by atoms with Crippen LogP contribution in [0, 0.1) is 0 Å². The number of benzene rings is 1. The molecule has 0 amide bonds. The lowest BCUT2D eigenvalue weighted by atomic mass is 9.95. The molecule has 1 aromatic heterocycles. The smallest absolute Gasteiger partial charge is 0.303 e. The summed E-state index contributed by atoms with van der Waals surface area (Å²) in [7, 11) is 0. The van der Waals surface area contributed by atoms with Crippen LogP contribution < -0.4 is 4.74 Å². The van der Waals surface area contributed by atoms with E-state index in [1.165, 1.54) is 0 Å². The van der Waals surface area contributed by atoms with E-state index in [0.717, 1.165) is 28.6 Å². The number of H-pyrrole nitrogens is 1. The fraction of sp³-hybridized carbons (Fsp3) is 0.438. The van der Waals surface area contributed by atoms with Crippen molar-refractivity contribution in [2.24, 2.45) is 0 Å². The zero-order chi connectivity index (χ0) is 14.5. The molecule has 0 fully saturated rings. The lowest BCUT2D eigenvalue weighted by molar-refractivity contribution is -0.137. The molecule has 2 rings (SSSR count). The van der Waals surface area contributed by atoms with Crippen LogP contribution in [0.1, 0.15) is 44.6 Å². The molecule has 0 aliphatic rings. The number of rotatable bonds is 7. The standard InChI is InChI=1S/C16H21NO3/c1-3-9-20-14-6-4-5-13-16(14)12(10-17-13)11(2)7-8-15(18)19/h4-6,10-11,17H,3,7-9H2,1-2H3,(H,18,19). The summed E-state index contributed by atoms with van der Waals surface area (Å²) >= 11 is 0. The maximum Gasteiger partial charge on any atom is 0.303 e. The van der Waals surface area contributed by atoms with Crippen LogP contribution >= 0.6 is 0 Å². The van der Waals surface area contributed by atoms with Gasteiger partial charge >= 0.3 is 5.97 Å². The molecular formula is C16H21NO3. The first kappa shape index (κ1) is 14.4. The summed E-state index contributed by atoms with van der Waals surface area (Å²) < 4.78 is 5.81. The molecule has 0 bridgehead atoms. The van der Waals surface area contributed by atoms with E-state index < -0.39 is 5.97 Å². The lowest BCUT2D eigenvalue weighted by Crippen LogP contribution is -2.01. The van der Waals surface area contributed by atoms with Gasteiger partial charge in [0.05, 0.1) is 6.61 Å². The number of carboxylic acids is 1. The van der Waals surface area contributed by atoms with E-state index in [0.29, 0.717) is 13.0 Å². The fourth-order valence-corrected chi connectivity index (χ4v) is 2.39. The summed E-state index contributed by atoms with van der Waals surface area (Å²) in [5, 5.41) is 9.89. The minimum absolute atomic E-state index is 0.186. The Hall–Kier alpha value is -1.97. The van der Waals surface area contributed by atoms with E-state index in [2.05, 4.69) is 18.8 Å². The third-order valence-corrected chi connectivity index (χ3v) is 3.48. The van der Waals surface area contributed by atoms with Crippen LogP contribution in [0.5, 0.6) is 5.75 Å². The molecule has 108 valence electrons. The monoisotopic (exact) mass is 275 g/mol. The van der Waals surface area contributed by atoms with Crippen LogP contribution in [0.2, 0.25) is 0 Å². The summed E-state index contributed by atoms with van der Waals surface area (Å²) in [6.45, 7) is 4.82. The molecule has 2 aromatic rings. The second-order valence-corrected chi connectivity index (χ2v) is 5.10. The van der Waals surface area contributed by atoms with E-state index in [-0.39, 0.29) is 12.3 Å². The highest BCUT2D eigenvalue weighted by molar-refractivity contribution is 5.89. The van der Waals surface area contributed by atoms with Crippen molar-refractivity contribution in [2.45, 2.75) is 39.0 Å². The molecule has 4 nitrogen and oxygen atoms in total. The van der Waals surface area contributed by atoms with Crippen LogP contribution in [0.25, 0.3) is 10.9 Å². The number of aromatic amines is 1. The number of hydrogen-bond donors (Lipinski definition) is 2. The SMILES string of the molecule is CCCOc1cccc2[nH]cc(C(C)CCC(=O)O)c12. The van der Waals surface area contributed by atoms with Crippen LogP contribution in [-0.2, 0) is 4.79 Å². The van der Waals surface area contributed by atoms with Gasteiger partial charge < -0.3 is 14.8 Å². The fourth-order valence-electron chi connectivity index (χ4n) is 2.39. The van der Waals surface area contributed by atoms with Gasteiger partial charge in [0.15, 0.2) is 0 Å². The number of aromatic nitrogens is 1. The molecule has 20 heavy (non-hydrogen) atoms. The molecule has 1 aromatic carbocycles. The number of carboxylic acid groups (broad SMARTS) is 1. The van der Waals surface area contributed by atoms with Crippen LogP contribution in [0.15, 0.2) is 24.4 Å². The van der Waals surface area contributed by atoms with E-state index in [4.69, 9.17) is 9.84 Å². The minimum Gasteiger partial charge on any atom is -0.493 e. The van der Waals surface area contributed by atoms with Gasteiger partial charge in [0.2, 0.25) is 0 Å². The van der Waals surface area contributed by atoms with Gasteiger partial charge in [0.25, 0.3) is 0 Å². The van der Waals surface area contributed by atoms with Crippen molar-refractivity contribution < 1.29 is 14.6 Å². The Balaban J connectivity index is 2.30. The predicted octanol–water partition coefficient (Wildman–Crippen LogP) is 3.93. The van der Waals surface area contributed by atoms with Crippen LogP contribution in [0.3, 0.4) is 0 Å². The van der Waals surface area contributed by atoms with Crippen molar-refractivity contribution >= 4 is 16.9 Å². The van der Waals surface area contributed by atoms with Gasteiger partial charge in [-0.2, -0.15) is 0 Å². The van der Waals surface area contributed by atoms with Gasteiger partial charge in [-0.3, -0.25) is 4.79 Å². The molecule has 0 aliphatic carbocycles. The van der Waals surface area contributed by atoms with Gasteiger partial charge in [0.1, 0.15) is 5.75 Å². The van der Waals surface area contributed by atoms with Crippen LogP contribution in [-0.4, -0.2) is 22.7 Å². The zero-order valence-electron chi connectivity index (χ0n) is 12.0. The summed E-state index contributed by atoms with van der Waals surface area (Å²) in [5.41, 5.74) is 2.17. The predicted molar refractivity (Wildman–Crippen MR) is 79.4 cm³/mol. The average Bonchev–Trinajstić information content (AvgIpc) is 2.87. The van der Waals surface area contributed by atoms with Crippen molar-refractivity contribution in [3.05, 3.63) is 30.0 Å². The average molecular weight is 275 g/mol. The summed E-state index contributed by atoms with van der Waals surface area (Å²) in [4.78, 5) is 14.0. The van der Waals surface area contributed by atoms with Crippen molar-refractivity contribution in [2.75, 3.05) is 6.61 Å². The van der Waals surface area contributed by atoms with Gasteiger partial charge in [-0.25, -0.2) is 0 Å². The topological polar surface area (TPSA) is 62.3 Å². The molecule has 2 N–H and O–H groups in total. The van der Waals surface area contributed by atoms with Crippen molar-refractivity contribution in [1.82, 2.24) is 4.98 Å². The second-order valence-electron chi connectivity index (χ2n) is 5.10. The number of aliphatic carboxylic acids is 1. The number of nitrogens with one attached hydrogen (secondary N) is 1. The highest BCUT2D eigenvalue weighted by atomic mass is 16.5. The first-order valence-corrected chi connectivity index (χ1v) is 7.08. The number of hydrogen-bond acceptors (Lipinski definition) is 2. The zero-order valence-corrected chi connectivity index (χ0v) is 12.0. The summed E-state index contributed by atoms with van der Waals surface area (Å²) in [6.07, 6.45) is 3.75. The molecule has 1 atom stereocenters. The Morgan fingerprint density at radius 1 is 1.45 bits per heavy atom. The van der Waals surface area contributed by atoms with Crippen molar-refractivity contribution in [3.8, 4) is 5.75 Å². The third kappa shape index (κ3) is 3.13. The quantitative estimate of drug-likeness (QED) is 0.805. The summed E-state index contributed by atoms with van der Waals surface area (Å²) in [5.74, 6) is 0.313.